The molecule has 1 heterocycles. The van der Waals surface area contributed by atoms with E-state index in [0.717, 1.165) is 11.3 Å². The van der Waals surface area contributed by atoms with E-state index in [1.807, 2.05) is 0 Å². The van der Waals surface area contributed by atoms with E-state index in [1.165, 1.54) is 75.6 Å². The summed E-state index contributed by atoms with van der Waals surface area (Å²) in [6.45, 7) is 14.3. The maximum Gasteiger partial charge on any atom is 0.0757 e. The van der Waals surface area contributed by atoms with Crippen LogP contribution in [0, 0.1) is 0 Å². The topological polar surface area (TPSA) is 17.8 Å². The van der Waals surface area contributed by atoms with Crippen molar-refractivity contribution in [2.75, 3.05) is 0 Å². The minimum absolute atomic E-state index is 0.125. The number of aromatic nitrogens is 2. The predicted molar refractivity (Wildman–Crippen MR) is 121 cm³/mol. The summed E-state index contributed by atoms with van der Waals surface area (Å²) in [6.07, 6.45) is 14.6. The van der Waals surface area contributed by atoms with Crippen LogP contribution in [0.2, 0.25) is 0 Å². The van der Waals surface area contributed by atoms with Crippen LogP contribution in [0.1, 0.15) is 117 Å². The second kappa shape index (κ2) is 8.17. The Bertz CT molecular complexity index is 602. The Morgan fingerprint density at radius 1 is 0.741 bits per heavy atom. The predicted octanol–water partition coefficient (Wildman–Crippen LogP) is 6.79. The fourth-order valence-electron chi connectivity index (χ4n) is 5.48. The van der Waals surface area contributed by atoms with E-state index >= 15 is 0 Å². The Labute approximate surface area is 169 Å². The van der Waals surface area contributed by atoms with Gasteiger partial charge in [0.15, 0.2) is 0 Å². The molecule has 0 radical (unpaired) electrons. The van der Waals surface area contributed by atoms with Crippen molar-refractivity contribution in [2.45, 2.75) is 128 Å². The lowest BCUT2D eigenvalue weighted by Gasteiger charge is -2.41. The second-order valence-electron chi connectivity index (χ2n) is 11.2. The first kappa shape index (κ1) is 21.4. The quantitative estimate of drug-likeness (QED) is 0.520. The van der Waals surface area contributed by atoms with Gasteiger partial charge in [-0.15, -0.1) is 0 Å². The zero-order valence-corrected chi connectivity index (χ0v) is 20.0. The molecule has 0 aromatic carbocycles. The highest BCUT2D eigenvalue weighted by atomic mass is 31.1. The third-order valence-corrected chi connectivity index (χ3v) is 10.2. The summed E-state index contributed by atoms with van der Waals surface area (Å²) < 4.78 is 2.26. The highest BCUT2D eigenvalue weighted by Gasteiger charge is 2.41. The van der Waals surface area contributed by atoms with Crippen molar-refractivity contribution in [3.63, 3.8) is 0 Å². The van der Waals surface area contributed by atoms with Crippen molar-refractivity contribution in [2.24, 2.45) is 7.05 Å². The Hall–Kier alpha value is -0.360. The van der Waals surface area contributed by atoms with Gasteiger partial charge in [0.25, 0.3) is 0 Å². The van der Waals surface area contributed by atoms with Gasteiger partial charge in [0.2, 0.25) is 0 Å². The molecule has 0 N–H and O–H groups in total. The number of rotatable bonds is 3. The molecule has 0 aliphatic heterocycles. The van der Waals surface area contributed by atoms with Gasteiger partial charge in [-0.2, -0.15) is 5.10 Å². The molecule has 2 aliphatic rings. The molecule has 27 heavy (non-hydrogen) atoms. The number of nitrogens with zero attached hydrogens (tertiary/aromatic N) is 2. The summed E-state index contributed by atoms with van der Waals surface area (Å²) >= 11 is 0. The lowest BCUT2D eigenvalue weighted by molar-refractivity contribution is 0.486. The van der Waals surface area contributed by atoms with Gasteiger partial charge in [0.05, 0.1) is 11.4 Å². The lowest BCUT2D eigenvalue weighted by atomic mass is 9.87. The fourth-order valence-corrected chi connectivity index (χ4v) is 10.0. The summed E-state index contributed by atoms with van der Waals surface area (Å²) in [5.41, 5.74) is 5.10. The average molecular weight is 391 g/mol. The van der Waals surface area contributed by atoms with Gasteiger partial charge in [-0.05, 0) is 37.0 Å². The van der Waals surface area contributed by atoms with Crippen LogP contribution in [0.5, 0.6) is 0 Å². The molecule has 1 aromatic rings. The molecule has 0 saturated heterocycles. The molecule has 3 rings (SSSR count). The van der Waals surface area contributed by atoms with Crippen molar-refractivity contribution in [3.8, 4) is 0 Å². The van der Waals surface area contributed by atoms with Crippen molar-refractivity contribution >= 4 is 13.2 Å². The zero-order valence-electron chi connectivity index (χ0n) is 19.1. The van der Waals surface area contributed by atoms with Gasteiger partial charge in [-0.3, -0.25) is 4.68 Å². The molecule has 2 nitrogen and oxygen atoms in total. The van der Waals surface area contributed by atoms with E-state index in [0.29, 0.717) is 0 Å². The van der Waals surface area contributed by atoms with E-state index in [4.69, 9.17) is 5.10 Å². The first-order valence-electron chi connectivity index (χ1n) is 11.5. The van der Waals surface area contributed by atoms with Gasteiger partial charge in [0.1, 0.15) is 0 Å². The first-order chi connectivity index (χ1) is 12.6. The zero-order chi connectivity index (χ0) is 19.8. The lowest BCUT2D eigenvalue weighted by Crippen LogP contribution is -2.34. The fraction of sp³-hybridized carbons (Fsp3) is 0.875. The molecule has 0 atom stereocenters. The standard InChI is InChI=1S/C24H43N2P/c1-23(2,3)21-20(22(24(4,5)6)26(7)25-21)27(18-14-10-8-11-15-18)19-16-12-9-13-17-19/h18-19H,8-17H2,1-7H3. The first-order valence-corrected chi connectivity index (χ1v) is 12.9. The Morgan fingerprint density at radius 2 is 1.19 bits per heavy atom. The van der Waals surface area contributed by atoms with Gasteiger partial charge in [-0.25, -0.2) is 0 Å². The summed E-state index contributed by atoms with van der Waals surface area (Å²) in [6, 6.07) is 0. The van der Waals surface area contributed by atoms with Crippen LogP contribution in [-0.4, -0.2) is 21.1 Å². The Balaban J connectivity index is 2.17. The molecule has 0 spiro atoms. The number of hydrogen-bond donors (Lipinski definition) is 0. The minimum atomic E-state index is -0.125. The van der Waals surface area contributed by atoms with Gasteiger partial charge in [-0.1, -0.05) is 88.0 Å². The average Bonchev–Trinajstić information content (AvgIpc) is 2.95. The summed E-state index contributed by atoms with van der Waals surface area (Å²) in [4.78, 5) is 0. The molecule has 3 heteroatoms. The van der Waals surface area contributed by atoms with Crippen molar-refractivity contribution in [1.29, 1.82) is 0 Å². The normalized spacial score (nSPS) is 21.2. The van der Waals surface area contributed by atoms with Gasteiger partial charge in [0, 0.05) is 23.2 Å². The van der Waals surface area contributed by atoms with Crippen LogP contribution in [-0.2, 0) is 17.9 Å². The minimum Gasteiger partial charge on any atom is -0.271 e. The molecule has 0 unspecified atom stereocenters. The maximum atomic E-state index is 5.19. The van der Waals surface area contributed by atoms with Crippen LogP contribution in [0.25, 0.3) is 0 Å². The molecule has 2 aliphatic carbocycles. The molecule has 154 valence electrons. The van der Waals surface area contributed by atoms with Crippen molar-refractivity contribution in [1.82, 2.24) is 9.78 Å². The van der Waals surface area contributed by atoms with E-state index in [-0.39, 0.29) is 18.8 Å². The largest absolute Gasteiger partial charge is 0.271 e. The maximum absolute atomic E-state index is 5.19. The van der Waals surface area contributed by atoms with E-state index < -0.39 is 0 Å². The number of hydrogen-bond acceptors (Lipinski definition) is 1. The summed E-state index contributed by atoms with van der Waals surface area (Å²) in [5, 5.41) is 6.92. The van der Waals surface area contributed by atoms with Crippen molar-refractivity contribution < 1.29 is 0 Å². The molecule has 1 aromatic heterocycles. The van der Waals surface area contributed by atoms with E-state index in [2.05, 4.69) is 53.3 Å². The van der Waals surface area contributed by atoms with Crippen LogP contribution in [0.3, 0.4) is 0 Å². The molecule has 0 amide bonds. The summed E-state index contributed by atoms with van der Waals surface area (Å²) in [7, 11) is 2.08. The molecular formula is C24H43N2P. The van der Waals surface area contributed by atoms with Gasteiger partial charge < -0.3 is 0 Å². The molecule has 0 bridgehead atoms. The van der Waals surface area contributed by atoms with Crippen LogP contribution < -0.4 is 5.30 Å². The van der Waals surface area contributed by atoms with E-state index in [1.54, 1.807) is 5.30 Å². The highest BCUT2D eigenvalue weighted by Crippen LogP contribution is 2.57. The van der Waals surface area contributed by atoms with Gasteiger partial charge >= 0.3 is 0 Å². The third kappa shape index (κ3) is 4.63. The molecule has 2 saturated carbocycles. The molecule has 2 fully saturated rings. The van der Waals surface area contributed by atoms with Crippen LogP contribution in [0.15, 0.2) is 0 Å². The monoisotopic (exact) mass is 390 g/mol. The van der Waals surface area contributed by atoms with Crippen LogP contribution in [0.4, 0.5) is 0 Å². The number of aryl methyl sites for hydroxylation is 1. The van der Waals surface area contributed by atoms with E-state index in [9.17, 15) is 0 Å². The summed E-state index contributed by atoms with van der Waals surface area (Å²) in [5.74, 6) is 0. The smallest absolute Gasteiger partial charge is 0.0757 e. The van der Waals surface area contributed by atoms with Crippen LogP contribution >= 0.6 is 7.92 Å². The SMILES string of the molecule is Cn1nc(C(C)(C)C)c(P(C2CCCCC2)C2CCCCC2)c1C(C)(C)C. The Kier molecular flexibility index (Phi) is 6.46. The Morgan fingerprint density at radius 3 is 1.56 bits per heavy atom. The third-order valence-electron chi connectivity index (χ3n) is 6.64. The highest BCUT2D eigenvalue weighted by molar-refractivity contribution is 7.67. The van der Waals surface area contributed by atoms with Crippen molar-refractivity contribution in [3.05, 3.63) is 11.4 Å². The second-order valence-corrected chi connectivity index (χ2v) is 13.9. The molecular weight excluding hydrogens is 347 g/mol.